The lowest BCUT2D eigenvalue weighted by atomic mass is 10.1. The number of nitrogens with one attached hydrogen (secondary N) is 2. The Morgan fingerprint density at radius 3 is 2.52 bits per heavy atom. The normalized spacial score (nSPS) is 12.8. The average molecular weight is 452 g/mol. The van der Waals surface area contributed by atoms with Crippen LogP contribution in [-0.2, 0) is 13.0 Å². The minimum atomic E-state index is -0.200. The van der Waals surface area contributed by atoms with E-state index in [0.29, 0.717) is 18.0 Å². The van der Waals surface area contributed by atoms with Crippen molar-refractivity contribution in [1.29, 1.82) is 0 Å². The van der Waals surface area contributed by atoms with Crippen molar-refractivity contribution in [2.75, 3.05) is 6.54 Å². The Hall–Kier alpha value is -3.02. The van der Waals surface area contributed by atoms with Crippen molar-refractivity contribution in [1.82, 2.24) is 20.6 Å². The molecular formula is C27H38FN5. The first-order valence-electron chi connectivity index (χ1n) is 11.9. The average Bonchev–Trinajstić information content (AvgIpc) is 2.82. The molecule has 0 aliphatic heterocycles. The Labute approximate surface area is 198 Å². The third-order valence-corrected chi connectivity index (χ3v) is 5.52. The number of halogens is 1. The Bertz CT molecular complexity index is 919. The number of benzene rings is 1. The summed E-state index contributed by atoms with van der Waals surface area (Å²) in [5, 5.41) is 6.83. The molecule has 0 amide bonds. The van der Waals surface area contributed by atoms with Crippen LogP contribution in [0.4, 0.5) is 4.39 Å². The molecule has 0 radical (unpaired) electrons. The summed E-state index contributed by atoms with van der Waals surface area (Å²) >= 11 is 0. The van der Waals surface area contributed by atoms with E-state index >= 15 is 0 Å². The summed E-state index contributed by atoms with van der Waals surface area (Å²) in [7, 11) is 0. The number of nitrogens with zero attached hydrogens (tertiary/aromatic N) is 3. The van der Waals surface area contributed by atoms with Crippen LogP contribution in [0.3, 0.4) is 0 Å². The third-order valence-electron chi connectivity index (χ3n) is 5.52. The van der Waals surface area contributed by atoms with Gasteiger partial charge in [0.1, 0.15) is 23.8 Å². The Balaban J connectivity index is 1.89. The number of aromatic nitrogens is 2. The number of amidine groups is 1. The molecule has 1 heterocycles. The van der Waals surface area contributed by atoms with E-state index in [4.69, 9.17) is 4.99 Å². The molecule has 0 bridgehead atoms. The first kappa shape index (κ1) is 26.2. The van der Waals surface area contributed by atoms with Crippen LogP contribution < -0.4 is 10.6 Å². The van der Waals surface area contributed by atoms with Crippen molar-refractivity contribution in [3.05, 3.63) is 83.5 Å². The molecule has 0 fully saturated rings. The summed E-state index contributed by atoms with van der Waals surface area (Å²) in [6, 6.07) is 6.85. The fraction of sp³-hybridized carbons (Fsp3) is 0.444. The maximum absolute atomic E-state index is 14.1. The Morgan fingerprint density at radius 1 is 1.09 bits per heavy atom. The second kappa shape index (κ2) is 14.9. The zero-order valence-electron chi connectivity index (χ0n) is 20.4. The largest absolute Gasteiger partial charge is 0.367 e. The monoisotopic (exact) mass is 451 g/mol. The quantitative estimate of drug-likeness (QED) is 0.224. The van der Waals surface area contributed by atoms with E-state index in [9.17, 15) is 4.39 Å². The van der Waals surface area contributed by atoms with Crippen LogP contribution >= 0.6 is 0 Å². The van der Waals surface area contributed by atoms with Gasteiger partial charge in [0.15, 0.2) is 0 Å². The van der Waals surface area contributed by atoms with Crippen LogP contribution in [0.5, 0.6) is 0 Å². The maximum atomic E-state index is 14.1. The molecule has 0 saturated carbocycles. The van der Waals surface area contributed by atoms with Crippen molar-refractivity contribution in [3.63, 3.8) is 0 Å². The van der Waals surface area contributed by atoms with E-state index < -0.39 is 0 Å². The topological polar surface area (TPSA) is 62.2 Å². The summed E-state index contributed by atoms with van der Waals surface area (Å²) in [5.41, 5.74) is 3.01. The molecule has 33 heavy (non-hydrogen) atoms. The molecule has 0 unspecified atom stereocenters. The van der Waals surface area contributed by atoms with Crippen molar-refractivity contribution in [3.8, 4) is 0 Å². The molecule has 0 atom stereocenters. The Kier molecular flexibility index (Phi) is 11.9. The second-order valence-electron chi connectivity index (χ2n) is 8.46. The first-order valence-corrected chi connectivity index (χ1v) is 11.9. The van der Waals surface area contributed by atoms with Crippen molar-refractivity contribution >= 4 is 5.84 Å². The van der Waals surface area contributed by atoms with Gasteiger partial charge >= 0.3 is 0 Å². The van der Waals surface area contributed by atoms with Gasteiger partial charge in [0, 0.05) is 31.0 Å². The highest BCUT2D eigenvalue weighted by Gasteiger charge is 2.09. The van der Waals surface area contributed by atoms with Gasteiger partial charge in [-0.2, -0.15) is 0 Å². The van der Waals surface area contributed by atoms with Crippen molar-refractivity contribution in [2.45, 2.75) is 66.3 Å². The van der Waals surface area contributed by atoms with E-state index in [-0.39, 0.29) is 5.82 Å². The molecule has 0 aliphatic carbocycles. The van der Waals surface area contributed by atoms with Gasteiger partial charge in [0.05, 0.1) is 0 Å². The number of aliphatic imine (C=N–C) groups is 1. The molecule has 6 heteroatoms. The Morgan fingerprint density at radius 2 is 1.82 bits per heavy atom. The fourth-order valence-corrected chi connectivity index (χ4v) is 3.27. The van der Waals surface area contributed by atoms with E-state index in [2.05, 4.69) is 41.4 Å². The predicted molar refractivity (Wildman–Crippen MR) is 135 cm³/mol. The number of unbranched alkanes of at least 4 members (excludes halogenated alkanes) is 3. The number of hydrogen-bond donors (Lipinski definition) is 2. The molecular weight excluding hydrogens is 413 g/mol. The zero-order chi connectivity index (χ0) is 23.9. The van der Waals surface area contributed by atoms with Gasteiger partial charge in [-0.3, -0.25) is 4.99 Å². The molecule has 2 N–H and O–H groups in total. The molecule has 0 aliphatic rings. The summed E-state index contributed by atoms with van der Waals surface area (Å²) in [5.74, 6) is 1.85. The highest BCUT2D eigenvalue weighted by Crippen LogP contribution is 2.13. The zero-order valence-corrected chi connectivity index (χ0v) is 20.4. The number of aryl methyl sites for hydroxylation is 1. The third kappa shape index (κ3) is 9.98. The maximum Gasteiger partial charge on any atom is 0.128 e. The van der Waals surface area contributed by atoms with Crippen LogP contribution in [0.15, 0.2) is 71.5 Å². The fourth-order valence-electron chi connectivity index (χ4n) is 3.27. The number of allylic oxidation sites excluding steroid dienone is 2. The highest BCUT2D eigenvalue weighted by molar-refractivity contribution is 5.94. The molecule has 178 valence electrons. The van der Waals surface area contributed by atoms with Gasteiger partial charge in [-0.25, -0.2) is 14.4 Å². The van der Waals surface area contributed by atoms with Crippen molar-refractivity contribution in [2.24, 2.45) is 10.9 Å². The molecule has 0 spiro atoms. The number of rotatable bonds is 13. The van der Waals surface area contributed by atoms with Crippen LogP contribution in [0.1, 0.15) is 64.5 Å². The molecule has 5 nitrogen and oxygen atoms in total. The number of hydrogen-bond acceptors (Lipinski definition) is 4. The highest BCUT2D eigenvalue weighted by atomic mass is 19.1. The van der Waals surface area contributed by atoms with Crippen LogP contribution in [0, 0.1) is 11.7 Å². The molecule has 1 aromatic heterocycles. The van der Waals surface area contributed by atoms with Crippen LogP contribution in [-0.4, -0.2) is 22.3 Å². The van der Waals surface area contributed by atoms with Gasteiger partial charge < -0.3 is 10.6 Å². The van der Waals surface area contributed by atoms with E-state index in [1.807, 2.05) is 37.5 Å². The summed E-state index contributed by atoms with van der Waals surface area (Å²) in [6.07, 6.45) is 14.8. The van der Waals surface area contributed by atoms with Gasteiger partial charge in [-0.1, -0.05) is 51.0 Å². The predicted octanol–water partition coefficient (Wildman–Crippen LogP) is 5.96. The smallest absolute Gasteiger partial charge is 0.128 e. The van der Waals surface area contributed by atoms with Crippen LogP contribution in [0.25, 0.3) is 0 Å². The minimum Gasteiger partial charge on any atom is -0.367 e. The van der Waals surface area contributed by atoms with Gasteiger partial charge in [0.25, 0.3) is 0 Å². The van der Waals surface area contributed by atoms with E-state index in [1.165, 1.54) is 23.6 Å². The second-order valence-corrected chi connectivity index (χ2v) is 8.46. The summed E-state index contributed by atoms with van der Waals surface area (Å²) in [6.45, 7) is 9.55. The molecule has 2 aromatic rings. The minimum absolute atomic E-state index is 0.200. The summed E-state index contributed by atoms with van der Waals surface area (Å²) < 4.78 is 14.1. The lowest BCUT2D eigenvalue weighted by Gasteiger charge is -2.19. The van der Waals surface area contributed by atoms with E-state index in [1.54, 1.807) is 18.5 Å². The molecule has 2 rings (SSSR count). The van der Waals surface area contributed by atoms with Gasteiger partial charge in [-0.15, -0.1) is 0 Å². The standard InChI is InChI=1S/C27H38FN5/c1-5-12-26(31-16-11-7-6-8-13-23-17-29-20-30-18-23)33-27(22(4)21(2)3)32-19-24-14-9-10-15-25(24)28/h5,9-10,12,14-15,17-18,20-21,32H,6-8,11,13,16,19H2,1-4H3,(H,31,33)/b12-5-,27-22-. The van der Waals surface area contributed by atoms with Gasteiger partial charge in [0.2, 0.25) is 0 Å². The van der Waals surface area contributed by atoms with Crippen LogP contribution in [0.2, 0.25) is 0 Å². The lowest BCUT2D eigenvalue weighted by molar-refractivity contribution is 0.595. The lowest BCUT2D eigenvalue weighted by Crippen LogP contribution is -2.32. The molecule has 1 aromatic carbocycles. The summed E-state index contributed by atoms with van der Waals surface area (Å²) in [4.78, 5) is 12.9. The van der Waals surface area contributed by atoms with E-state index in [0.717, 1.165) is 43.9 Å². The van der Waals surface area contributed by atoms with Gasteiger partial charge in [-0.05, 0) is 62.3 Å². The molecule has 0 saturated heterocycles. The SMILES string of the molecule is C/C=C\C(=NCCCCCCc1cncnc1)N/C(NCc1ccccc1F)=C(/C)C(C)C. The van der Waals surface area contributed by atoms with Crippen molar-refractivity contribution < 1.29 is 4.39 Å². The first-order chi connectivity index (χ1) is 16.0.